The van der Waals surface area contributed by atoms with Crippen LogP contribution in [0.25, 0.3) is 0 Å². The van der Waals surface area contributed by atoms with Crippen molar-refractivity contribution < 1.29 is 13.6 Å². The Bertz CT molecular complexity index is 161. The van der Waals surface area contributed by atoms with Crippen LogP contribution < -0.4 is 0 Å². The summed E-state index contributed by atoms with van der Waals surface area (Å²) in [7, 11) is -2.40. The van der Waals surface area contributed by atoms with Gasteiger partial charge in [-0.3, -0.25) is 0 Å². The molecule has 0 aromatic heterocycles. The van der Waals surface area contributed by atoms with E-state index in [1.54, 1.807) is 0 Å². The average molecular weight is 218 g/mol. The van der Waals surface area contributed by atoms with Gasteiger partial charge in [0.1, 0.15) is 0 Å². The van der Waals surface area contributed by atoms with Crippen molar-refractivity contribution >= 4 is 9.53 Å². The Balaban J connectivity index is 2.21. The molecule has 0 amide bonds. The SMILES string of the molecule is CC(C)(C)O[SiH](O)OC1CCCCC1. The number of rotatable bonds is 3. The lowest BCUT2D eigenvalue weighted by Crippen LogP contribution is -2.36. The molecule has 14 heavy (non-hydrogen) atoms. The third-order valence-corrected chi connectivity index (χ3v) is 3.84. The predicted molar refractivity (Wildman–Crippen MR) is 58.2 cm³/mol. The molecule has 1 aliphatic carbocycles. The van der Waals surface area contributed by atoms with Crippen LogP contribution in [0.2, 0.25) is 0 Å². The first-order chi connectivity index (χ1) is 6.47. The highest BCUT2D eigenvalue weighted by molar-refractivity contribution is 6.34. The summed E-state index contributed by atoms with van der Waals surface area (Å²) in [5, 5.41) is 0. The van der Waals surface area contributed by atoms with Crippen LogP contribution >= 0.6 is 0 Å². The van der Waals surface area contributed by atoms with E-state index in [-0.39, 0.29) is 11.7 Å². The van der Waals surface area contributed by atoms with Gasteiger partial charge in [-0.2, -0.15) is 0 Å². The highest BCUT2D eigenvalue weighted by Crippen LogP contribution is 2.21. The van der Waals surface area contributed by atoms with E-state index in [2.05, 4.69) is 0 Å². The van der Waals surface area contributed by atoms with Crippen LogP contribution in [0.4, 0.5) is 0 Å². The maximum Gasteiger partial charge on any atom is 0.482 e. The minimum Gasteiger partial charge on any atom is -0.392 e. The smallest absolute Gasteiger partial charge is 0.392 e. The van der Waals surface area contributed by atoms with Crippen molar-refractivity contribution in [2.24, 2.45) is 0 Å². The molecule has 1 aliphatic rings. The monoisotopic (exact) mass is 218 g/mol. The molecule has 1 rings (SSSR count). The summed E-state index contributed by atoms with van der Waals surface area (Å²) < 4.78 is 11.0. The molecule has 0 radical (unpaired) electrons. The van der Waals surface area contributed by atoms with Crippen molar-refractivity contribution in [3.8, 4) is 0 Å². The quantitative estimate of drug-likeness (QED) is 0.735. The van der Waals surface area contributed by atoms with E-state index in [0.29, 0.717) is 0 Å². The Labute approximate surface area is 88.4 Å². The summed E-state index contributed by atoms with van der Waals surface area (Å²) in [5.74, 6) is 0. The molecule has 0 bridgehead atoms. The molecule has 0 aromatic rings. The molecule has 0 saturated heterocycles. The molecule has 1 N–H and O–H groups in total. The fraction of sp³-hybridized carbons (Fsp3) is 1.00. The van der Waals surface area contributed by atoms with Gasteiger partial charge in [0.15, 0.2) is 0 Å². The van der Waals surface area contributed by atoms with Gasteiger partial charge < -0.3 is 13.6 Å². The average Bonchev–Trinajstić information content (AvgIpc) is 2.02. The normalized spacial score (nSPS) is 22.3. The Morgan fingerprint density at radius 2 is 1.71 bits per heavy atom. The molecule has 1 unspecified atom stereocenters. The maximum absolute atomic E-state index is 9.63. The molecular formula is C10H22O3Si. The van der Waals surface area contributed by atoms with Crippen molar-refractivity contribution in [2.45, 2.75) is 64.6 Å². The fourth-order valence-corrected chi connectivity index (χ4v) is 2.96. The van der Waals surface area contributed by atoms with Crippen LogP contribution in [-0.2, 0) is 8.85 Å². The second kappa shape index (κ2) is 5.26. The van der Waals surface area contributed by atoms with E-state index >= 15 is 0 Å². The summed E-state index contributed by atoms with van der Waals surface area (Å²) in [6.45, 7) is 5.81. The van der Waals surface area contributed by atoms with Crippen molar-refractivity contribution in [3.05, 3.63) is 0 Å². The molecule has 1 saturated carbocycles. The van der Waals surface area contributed by atoms with Crippen LogP contribution in [-0.4, -0.2) is 26.0 Å². The topological polar surface area (TPSA) is 38.7 Å². The molecule has 84 valence electrons. The third kappa shape index (κ3) is 5.10. The molecule has 0 aliphatic heterocycles. The van der Waals surface area contributed by atoms with Gasteiger partial charge in [-0.1, -0.05) is 19.3 Å². The van der Waals surface area contributed by atoms with Gasteiger partial charge in [0.2, 0.25) is 0 Å². The molecular weight excluding hydrogens is 196 g/mol. The zero-order chi connectivity index (χ0) is 10.6. The first-order valence-electron chi connectivity index (χ1n) is 5.49. The summed E-state index contributed by atoms with van der Waals surface area (Å²) in [6.07, 6.45) is 6.16. The van der Waals surface area contributed by atoms with Gasteiger partial charge >= 0.3 is 9.53 Å². The van der Waals surface area contributed by atoms with Crippen LogP contribution in [0.5, 0.6) is 0 Å². The second-order valence-electron chi connectivity index (χ2n) is 4.93. The molecule has 0 spiro atoms. The van der Waals surface area contributed by atoms with E-state index in [9.17, 15) is 4.80 Å². The van der Waals surface area contributed by atoms with E-state index < -0.39 is 9.53 Å². The lowest BCUT2D eigenvalue weighted by atomic mass is 9.98. The maximum atomic E-state index is 9.63. The molecule has 1 fully saturated rings. The minimum atomic E-state index is -2.40. The first kappa shape index (κ1) is 12.2. The Hall–Kier alpha value is 0.0969. The van der Waals surface area contributed by atoms with E-state index in [4.69, 9.17) is 8.85 Å². The van der Waals surface area contributed by atoms with E-state index in [1.807, 2.05) is 20.8 Å². The van der Waals surface area contributed by atoms with Crippen molar-refractivity contribution in [3.63, 3.8) is 0 Å². The Morgan fingerprint density at radius 3 is 2.21 bits per heavy atom. The Morgan fingerprint density at radius 1 is 1.14 bits per heavy atom. The summed E-state index contributed by atoms with van der Waals surface area (Å²) >= 11 is 0. The highest BCUT2D eigenvalue weighted by atomic mass is 28.3. The molecule has 3 nitrogen and oxygen atoms in total. The minimum absolute atomic E-state index is 0.243. The van der Waals surface area contributed by atoms with Crippen LogP contribution in [0, 0.1) is 0 Å². The van der Waals surface area contributed by atoms with Gasteiger partial charge in [0, 0.05) is 6.10 Å². The van der Waals surface area contributed by atoms with Gasteiger partial charge in [-0.05, 0) is 33.6 Å². The predicted octanol–water partition coefficient (Wildman–Crippen LogP) is 1.86. The lowest BCUT2D eigenvalue weighted by Gasteiger charge is -2.28. The molecule has 0 heterocycles. The molecule has 0 aromatic carbocycles. The van der Waals surface area contributed by atoms with Crippen LogP contribution in [0.15, 0.2) is 0 Å². The van der Waals surface area contributed by atoms with Gasteiger partial charge in [0.25, 0.3) is 0 Å². The van der Waals surface area contributed by atoms with E-state index in [0.717, 1.165) is 12.8 Å². The third-order valence-electron chi connectivity index (χ3n) is 2.32. The highest BCUT2D eigenvalue weighted by Gasteiger charge is 2.24. The van der Waals surface area contributed by atoms with Crippen LogP contribution in [0.1, 0.15) is 52.9 Å². The zero-order valence-corrected chi connectivity index (χ0v) is 10.6. The molecule has 4 heteroatoms. The summed E-state index contributed by atoms with van der Waals surface area (Å²) in [6, 6.07) is 0. The number of hydrogen-bond donors (Lipinski definition) is 1. The van der Waals surface area contributed by atoms with Gasteiger partial charge in [0.05, 0.1) is 5.60 Å². The standard InChI is InChI=1S/C10H22O3Si/c1-10(2,3)13-14(11)12-9-7-5-4-6-8-9/h9,11,14H,4-8H2,1-3H3. The molecule has 1 atom stereocenters. The van der Waals surface area contributed by atoms with Crippen molar-refractivity contribution in [2.75, 3.05) is 0 Å². The van der Waals surface area contributed by atoms with Crippen LogP contribution in [0.3, 0.4) is 0 Å². The van der Waals surface area contributed by atoms with Crippen molar-refractivity contribution in [1.82, 2.24) is 0 Å². The zero-order valence-electron chi connectivity index (χ0n) is 9.45. The summed E-state index contributed by atoms with van der Waals surface area (Å²) in [4.78, 5) is 9.63. The van der Waals surface area contributed by atoms with Crippen molar-refractivity contribution in [1.29, 1.82) is 0 Å². The largest absolute Gasteiger partial charge is 0.482 e. The number of hydrogen-bond acceptors (Lipinski definition) is 3. The van der Waals surface area contributed by atoms with E-state index in [1.165, 1.54) is 19.3 Å². The first-order valence-corrected chi connectivity index (χ1v) is 6.95. The summed E-state index contributed by atoms with van der Waals surface area (Å²) in [5.41, 5.74) is -0.291. The van der Waals surface area contributed by atoms with Gasteiger partial charge in [-0.25, -0.2) is 0 Å². The fourth-order valence-electron chi connectivity index (χ4n) is 1.70. The Kier molecular flexibility index (Phi) is 4.57. The van der Waals surface area contributed by atoms with Gasteiger partial charge in [-0.15, -0.1) is 0 Å². The lowest BCUT2D eigenvalue weighted by molar-refractivity contribution is 0.0125. The second-order valence-corrected chi connectivity index (χ2v) is 6.06.